The number of nitrogens with one attached hydrogen (secondary N) is 2. The minimum Gasteiger partial charge on any atom is -0.341 e. The van der Waals surface area contributed by atoms with Crippen LogP contribution < -0.4 is 10.6 Å². The monoisotopic (exact) mass is 292 g/mol. The fraction of sp³-hybridized carbons (Fsp3) is 0.200. The molecule has 0 saturated carbocycles. The molecule has 7 heteroatoms. The van der Waals surface area contributed by atoms with Gasteiger partial charge in [-0.05, 0) is 12.1 Å². The molecule has 0 radical (unpaired) electrons. The standard InChI is InChI=1S/C10H10Cl2N2O2S/c1-13-10(16)14-8(15)5-17-9-6(11)3-2-4-7(9)12/h2-4H,5H2,1H3,(H2,13,14,15,16). The number of urea groups is 1. The van der Waals surface area contributed by atoms with Gasteiger partial charge in [-0.1, -0.05) is 29.3 Å². The summed E-state index contributed by atoms with van der Waals surface area (Å²) < 4.78 is 0. The lowest BCUT2D eigenvalue weighted by Gasteiger charge is -2.06. The highest BCUT2D eigenvalue weighted by molar-refractivity contribution is 8.00. The number of hydrogen-bond donors (Lipinski definition) is 2. The van der Waals surface area contributed by atoms with Crippen molar-refractivity contribution in [2.45, 2.75) is 4.90 Å². The molecule has 0 spiro atoms. The molecule has 0 fully saturated rings. The van der Waals surface area contributed by atoms with E-state index in [1.807, 2.05) is 0 Å². The molecule has 0 bridgehead atoms. The minimum absolute atomic E-state index is 0.0663. The van der Waals surface area contributed by atoms with E-state index in [0.717, 1.165) is 0 Å². The highest BCUT2D eigenvalue weighted by atomic mass is 35.5. The fourth-order valence-corrected chi connectivity index (χ4v) is 2.47. The van der Waals surface area contributed by atoms with Crippen LogP contribution in [0.5, 0.6) is 0 Å². The first-order valence-electron chi connectivity index (χ1n) is 4.63. The average molecular weight is 293 g/mol. The van der Waals surface area contributed by atoms with Crippen molar-refractivity contribution < 1.29 is 9.59 Å². The highest BCUT2D eigenvalue weighted by Crippen LogP contribution is 2.33. The number of carbonyl (C=O) groups is 2. The van der Waals surface area contributed by atoms with Crippen LogP contribution in [-0.2, 0) is 4.79 Å². The lowest BCUT2D eigenvalue weighted by Crippen LogP contribution is -2.38. The van der Waals surface area contributed by atoms with Crippen LogP contribution in [0, 0.1) is 0 Å². The highest BCUT2D eigenvalue weighted by Gasteiger charge is 2.10. The zero-order valence-electron chi connectivity index (χ0n) is 8.92. The summed E-state index contributed by atoms with van der Waals surface area (Å²) in [7, 11) is 1.43. The summed E-state index contributed by atoms with van der Waals surface area (Å²) in [4.78, 5) is 22.8. The lowest BCUT2D eigenvalue weighted by molar-refractivity contribution is -0.117. The number of amides is 3. The molecule has 92 valence electrons. The lowest BCUT2D eigenvalue weighted by atomic mass is 10.4. The van der Waals surface area contributed by atoms with Crippen LogP contribution in [0.1, 0.15) is 0 Å². The van der Waals surface area contributed by atoms with Gasteiger partial charge in [0.1, 0.15) is 0 Å². The summed E-state index contributed by atoms with van der Waals surface area (Å²) in [5.41, 5.74) is 0. The number of carbonyl (C=O) groups excluding carboxylic acids is 2. The van der Waals surface area contributed by atoms with Gasteiger partial charge in [-0.3, -0.25) is 10.1 Å². The molecule has 17 heavy (non-hydrogen) atoms. The fourth-order valence-electron chi connectivity index (χ4n) is 0.983. The third-order valence-corrected chi connectivity index (χ3v) is 3.74. The molecule has 1 aromatic rings. The number of halogens is 2. The van der Waals surface area contributed by atoms with Crippen molar-refractivity contribution in [3.8, 4) is 0 Å². The van der Waals surface area contributed by atoms with Gasteiger partial charge >= 0.3 is 6.03 Å². The summed E-state index contributed by atoms with van der Waals surface area (Å²) in [5, 5.41) is 5.39. The van der Waals surface area contributed by atoms with Crippen LogP contribution in [0.2, 0.25) is 10.0 Å². The summed E-state index contributed by atoms with van der Waals surface area (Å²) >= 11 is 13.0. The zero-order chi connectivity index (χ0) is 12.8. The van der Waals surface area contributed by atoms with Gasteiger partial charge in [-0.25, -0.2) is 4.79 Å². The second-order valence-corrected chi connectivity index (χ2v) is 4.77. The maximum Gasteiger partial charge on any atom is 0.321 e. The molecule has 1 aromatic carbocycles. The van der Waals surface area contributed by atoms with Crippen LogP contribution in [0.25, 0.3) is 0 Å². The predicted octanol–water partition coefficient (Wildman–Crippen LogP) is 2.54. The molecule has 0 aliphatic rings. The molecular formula is C10H10Cl2N2O2S. The van der Waals surface area contributed by atoms with E-state index in [1.54, 1.807) is 18.2 Å². The maximum absolute atomic E-state index is 11.3. The number of thioether (sulfide) groups is 1. The maximum atomic E-state index is 11.3. The summed E-state index contributed by atoms with van der Waals surface area (Å²) in [6, 6.07) is 4.55. The zero-order valence-corrected chi connectivity index (χ0v) is 11.2. The van der Waals surface area contributed by atoms with Crippen molar-refractivity contribution in [1.29, 1.82) is 0 Å². The van der Waals surface area contributed by atoms with Crippen LogP contribution >= 0.6 is 35.0 Å². The first-order valence-corrected chi connectivity index (χ1v) is 6.37. The molecule has 0 atom stereocenters. The van der Waals surface area contributed by atoms with Gasteiger partial charge in [0.2, 0.25) is 5.91 Å². The van der Waals surface area contributed by atoms with Crippen molar-refractivity contribution >= 4 is 46.9 Å². The van der Waals surface area contributed by atoms with Crippen LogP contribution in [0.3, 0.4) is 0 Å². The Kier molecular flexibility index (Phi) is 5.61. The minimum atomic E-state index is -0.541. The predicted molar refractivity (Wildman–Crippen MR) is 69.8 cm³/mol. The number of hydrogen-bond acceptors (Lipinski definition) is 3. The van der Waals surface area contributed by atoms with Gasteiger partial charge in [0.15, 0.2) is 0 Å². The molecule has 0 unspecified atom stereocenters. The van der Waals surface area contributed by atoms with Crippen LogP contribution in [0.4, 0.5) is 4.79 Å². The number of benzene rings is 1. The van der Waals surface area contributed by atoms with Crippen molar-refractivity contribution in [2.24, 2.45) is 0 Å². The number of rotatable bonds is 3. The van der Waals surface area contributed by atoms with E-state index in [-0.39, 0.29) is 5.75 Å². The third kappa shape index (κ3) is 4.46. The largest absolute Gasteiger partial charge is 0.341 e. The molecule has 3 amide bonds. The van der Waals surface area contributed by atoms with E-state index in [9.17, 15) is 9.59 Å². The van der Waals surface area contributed by atoms with Gasteiger partial charge in [0, 0.05) is 11.9 Å². The summed E-state index contributed by atoms with van der Waals surface area (Å²) in [5.74, 6) is -0.345. The van der Waals surface area contributed by atoms with Gasteiger partial charge in [0.05, 0.1) is 15.8 Å². The molecule has 0 aliphatic carbocycles. The van der Waals surface area contributed by atoms with Crippen molar-refractivity contribution in [1.82, 2.24) is 10.6 Å². The Morgan fingerprint density at radius 1 is 1.29 bits per heavy atom. The molecular weight excluding hydrogens is 283 g/mol. The molecule has 1 rings (SSSR count). The van der Waals surface area contributed by atoms with Gasteiger partial charge < -0.3 is 5.32 Å². The molecule has 0 heterocycles. The van der Waals surface area contributed by atoms with E-state index >= 15 is 0 Å². The van der Waals surface area contributed by atoms with Gasteiger partial charge in [-0.15, -0.1) is 11.8 Å². The second kappa shape index (κ2) is 6.74. The SMILES string of the molecule is CNC(=O)NC(=O)CSc1c(Cl)cccc1Cl. The topological polar surface area (TPSA) is 58.2 Å². The van der Waals surface area contributed by atoms with Gasteiger partial charge in [-0.2, -0.15) is 0 Å². The smallest absolute Gasteiger partial charge is 0.321 e. The Hall–Kier alpha value is -0.910. The van der Waals surface area contributed by atoms with Crippen molar-refractivity contribution in [3.63, 3.8) is 0 Å². The number of imide groups is 1. The third-order valence-electron chi connectivity index (χ3n) is 1.75. The molecule has 0 saturated heterocycles. The van der Waals surface area contributed by atoms with E-state index in [0.29, 0.717) is 14.9 Å². The van der Waals surface area contributed by atoms with Gasteiger partial charge in [0.25, 0.3) is 0 Å². The van der Waals surface area contributed by atoms with Crippen molar-refractivity contribution in [3.05, 3.63) is 28.2 Å². The molecule has 4 nitrogen and oxygen atoms in total. The summed E-state index contributed by atoms with van der Waals surface area (Å²) in [6.07, 6.45) is 0. The van der Waals surface area contributed by atoms with E-state index < -0.39 is 11.9 Å². The van der Waals surface area contributed by atoms with E-state index in [4.69, 9.17) is 23.2 Å². The molecule has 0 aromatic heterocycles. The first kappa shape index (κ1) is 14.2. The molecule has 0 aliphatic heterocycles. The van der Waals surface area contributed by atoms with E-state index in [2.05, 4.69) is 10.6 Å². The van der Waals surface area contributed by atoms with Crippen molar-refractivity contribution in [2.75, 3.05) is 12.8 Å². The second-order valence-electron chi connectivity index (χ2n) is 2.97. The Morgan fingerprint density at radius 3 is 2.41 bits per heavy atom. The Morgan fingerprint density at radius 2 is 1.88 bits per heavy atom. The van der Waals surface area contributed by atoms with E-state index in [1.165, 1.54) is 18.8 Å². The Labute approximate surface area is 113 Å². The summed E-state index contributed by atoms with van der Waals surface area (Å²) in [6.45, 7) is 0. The van der Waals surface area contributed by atoms with Crippen LogP contribution in [0.15, 0.2) is 23.1 Å². The normalized spacial score (nSPS) is 9.82. The Bertz CT molecular complexity index is 420. The first-order chi connectivity index (χ1) is 8.04. The average Bonchev–Trinajstić information content (AvgIpc) is 2.28. The Balaban J connectivity index is 2.56. The van der Waals surface area contributed by atoms with Crippen LogP contribution in [-0.4, -0.2) is 24.7 Å². The quantitative estimate of drug-likeness (QED) is 0.842. The molecule has 2 N–H and O–H groups in total.